The van der Waals surface area contributed by atoms with Gasteiger partial charge >= 0.3 is 6.03 Å². The summed E-state index contributed by atoms with van der Waals surface area (Å²) in [5.41, 5.74) is 3.34. The first-order valence-electron chi connectivity index (χ1n) is 8.42. The van der Waals surface area contributed by atoms with Gasteiger partial charge in [-0.05, 0) is 49.6 Å². The molecule has 1 saturated heterocycles. The lowest BCUT2D eigenvalue weighted by Gasteiger charge is -2.27. The monoisotopic (exact) mass is 338 g/mol. The van der Waals surface area contributed by atoms with E-state index in [4.69, 9.17) is 0 Å². The molecule has 1 unspecified atom stereocenters. The molecule has 0 spiro atoms. The number of anilines is 1. The molecule has 1 aliphatic rings. The molecule has 0 saturated carbocycles. The number of benzene rings is 1. The van der Waals surface area contributed by atoms with E-state index in [1.54, 1.807) is 17.3 Å². The fourth-order valence-electron chi connectivity index (χ4n) is 2.86. The third kappa shape index (κ3) is 3.96. The van der Waals surface area contributed by atoms with Crippen molar-refractivity contribution < 1.29 is 9.59 Å². The first-order chi connectivity index (χ1) is 12.0. The highest BCUT2D eigenvalue weighted by atomic mass is 16.2. The Morgan fingerprint density at radius 1 is 1.28 bits per heavy atom. The molecule has 0 radical (unpaired) electrons. The molecule has 3 amide bonds. The molecular weight excluding hydrogens is 316 g/mol. The molecule has 2 aromatic rings. The molecule has 6 heteroatoms. The van der Waals surface area contributed by atoms with Crippen LogP contribution in [0, 0.1) is 6.92 Å². The molecule has 6 nitrogen and oxygen atoms in total. The zero-order valence-electron chi connectivity index (χ0n) is 14.5. The summed E-state index contributed by atoms with van der Waals surface area (Å²) in [6, 6.07) is 9.32. The average Bonchev–Trinajstić information content (AvgIpc) is 2.62. The van der Waals surface area contributed by atoms with Gasteiger partial charge in [-0.2, -0.15) is 0 Å². The number of pyridine rings is 1. The predicted octanol–water partition coefficient (Wildman–Crippen LogP) is 2.80. The van der Waals surface area contributed by atoms with Gasteiger partial charge in [-0.3, -0.25) is 14.7 Å². The Morgan fingerprint density at radius 2 is 2.04 bits per heavy atom. The van der Waals surface area contributed by atoms with Crippen LogP contribution in [0.2, 0.25) is 0 Å². The number of nitrogens with zero attached hydrogens (tertiary/aromatic N) is 2. The predicted molar refractivity (Wildman–Crippen MR) is 96.7 cm³/mol. The van der Waals surface area contributed by atoms with E-state index in [0.29, 0.717) is 5.56 Å². The summed E-state index contributed by atoms with van der Waals surface area (Å²) >= 11 is 0. The zero-order valence-corrected chi connectivity index (χ0v) is 14.5. The van der Waals surface area contributed by atoms with Crippen LogP contribution in [-0.2, 0) is 0 Å². The quantitative estimate of drug-likeness (QED) is 0.900. The normalized spacial score (nSPS) is 15.4. The van der Waals surface area contributed by atoms with E-state index in [1.807, 2.05) is 44.2 Å². The van der Waals surface area contributed by atoms with Crippen LogP contribution in [0.1, 0.15) is 40.9 Å². The van der Waals surface area contributed by atoms with Gasteiger partial charge in [-0.25, -0.2) is 4.79 Å². The molecule has 0 bridgehead atoms. The molecule has 0 aliphatic carbocycles. The van der Waals surface area contributed by atoms with Crippen molar-refractivity contribution in [2.24, 2.45) is 0 Å². The second-order valence-electron chi connectivity index (χ2n) is 6.27. The molecule has 1 aliphatic heterocycles. The van der Waals surface area contributed by atoms with E-state index >= 15 is 0 Å². The fraction of sp³-hybridized carbons (Fsp3) is 0.316. The van der Waals surface area contributed by atoms with E-state index in [2.05, 4.69) is 15.6 Å². The number of aromatic nitrogens is 1. The average molecular weight is 338 g/mol. The SMILES string of the molecule is Cc1cncc(C(=O)NC(C)c2ccc(N3CCCNC3=O)cc2)c1. The summed E-state index contributed by atoms with van der Waals surface area (Å²) in [5, 5.41) is 5.82. The van der Waals surface area contributed by atoms with Crippen molar-refractivity contribution in [3.8, 4) is 0 Å². The zero-order chi connectivity index (χ0) is 17.8. The topological polar surface area (TPSA) is 74.3 Å². The highest BCUT2D eigenvalue weighted by Crippen LogP contribution is 2.21. The lowest BCUT2D eigenvalue weighted by atomic mass is 10.1. The molecular formula is C19H22N4O2. The van der Waals surface area contributed by atoms with Crippen molar-refractivity contribution in [3.63, 3.8) is 0 Å². The van der Waals surface area contributed by atoms with Gasteiger partial charge in [0.05, 0.1) is 11.6 Å². The maximum absolute atomic E-state index is 12.3. The molecule has 1 fully saturated rings. The molecule has 130 valence electrons. The molecule has 2 N–H and O–H groups in total. The van der Waals surface area contributed by atoms with Gasteiger partial charge in [0.15, 0.2) is 0 Å². The summed E-state index contributed by atoms with van der Waals surface area (Å²) in [4.78, 5) is 30.0. The van der Waals surface area contributed by atoms with Gasteiger partial charge in [-0.15, -0.1) is 0 Å². The van der Waals surface area contributed by atoms with E-state index in [0.717, 1.165) is 36.3 Å². The van der Waals surface area contributed by atoms with Crippen molar-refractivity contribution >= 4 is 17.6 Å². The highest BCUT2D eigenvalue weighted by Gasteiger charge is 2.19. The van der Waals surface area contributed by atoms with E-state index in [9.17, 15) is 9.59 Å². The second kappa shape index (κ2) is 7.34. The number of amides is 3. The Kier molecular flexibility index (Phi) is 4.97. The summed E-state index contributed by atoms with van der Waals surface area (Å²) in [6.07, 6.45) is 4.22. The van der Waals surface area contributed by atoms with Gasteiger partial charge in [-0.1, -0.05) is 12.1 Å². The maximum Gasteiger partial charge on any atom is 0.321 e. The first kappa shape index (κ1) is 17.0. The van der Waals surface area contributed by atoms with Crippen molar-refractivity contribution in [3.05, 3.63) is 59.4 Å². The van der Waals surface area contributed by atoms with Crippen LogP contribution in [0.15, 0.2) is 42.7 Å². The number of hydrogen-bond acceptors (Lipinski definition) is 3. The Balaban J connectivity index is 1.67. The van der Waals surface area contributed by atoms with Crippen LogP contribution in [0.4, 0.5) is 10.5 Å². The lowest BCUT2D eigenvalue weighted by molar-refractivity contribution is 0.0939. The third-order valence-corrected chi connectivity index (χ3v) is 4.27. The van der Waals surface area contributed by atoms with Crippen LogP contribution in [0.5, 0.6) is 0 Å². The van der Waals surface area contributed by atoms with Crippen molar-refractivity contribution in [2.45, 2.75) is 26.3 Å². The number of carbonyl (C=O) groups excluding carboxylic acids is 2. The first-order valence-corrected chi connectivity index (χ1v) is 8.42. The van der Waals surface area contributed by atoms with Crippen molar-refractivity contribution in [2.75, 3.05) is 18.0 Å². The Labute approximate surface area is 147 Å². The Hall–Kier alpha value is -2.89. The molecule has 3 rings (SSSR count). The number of urea groups is 1. The number of aryl methyl sites for hydroxylation is 1. The van der Waals surface area contributed by atoms with Crippen molar-refractivity contribution in [1.82, 2.24) is 15.6 Å². The second-order valence-corrected chi connectivity index (χ2v) is 6.27. The smallest absolute Gasteiger partial charge is 0.321 e. The lowest BCUT2D eigenvalue weighted by Crippen LogP contribution is -2.46. The summed E-state index contributed by atoms with van der Waals surface area (Å²) in [5.74, 6) is -0.150. The molecule has 1 atom stereocenters. The van der Waals surface area contributed by atoms with Crippen LogP contribution in [0.3, 0.4) is 0 Å². The van der Waals surface area contributed by atoms with Crippen LogP contribution in [-0.4, -0.2) is 30.0 Å². The minimum Gasteiger partial charge on any atom is -0.345 e. The summed E-state index contributed by atoms with van der Waals surface area (Å²) in [7, 11) is 0. The molecule has 2 heterocycles. The minimum absolute atomic E-state index is 0.0627. The standard InChI is InChI=1S/C19H22N4O2/c1-13-10-16(12-20-11-13)18(24)22-14(2)15-4-6-17(7-5-15)23-9-3-8-21-19(23)25/h4-7,10-12,14H,3,8-9H2,1-2H3,(H,21,25)(H,22,24). The van der Waals surface area contributed by atoms with Crippen LogP contribution >= 0.6 is 0 Å². The largest absolute Gasteiger partial charge is 0.345 e. The van der Waals surface area contributed by atoms with E-state index < -0.39 is 0 Å². The Bertz CT molecular complexity index is 773. The minimum atomic E-state index is -0.150. The number of nitrogens with one attached hydrogen (secondary N) is 2. The van der Waals surface area contributed by atoms with E-state index in [-0.39, 0.29) is 18.0 Å². The molecule has 25 heavy (non-hydrogen) atoms. The van der Waals surface area contributed by atoms with Crippen LogP contribution in [0.25, 0.3) is 0 Å². The highest BCUT2D eigenvalue weighted by molar-refractivity contribution is 5.94. The van der Waals surface area contributed by atoms with Gasteiger partial charge in [0.1, 0.15) is 0 Å². The number of carbonyl (C=O) groups is 2. The van der Waals surface area contributed by atoms with Gasteiger partial charge in [0.25, 0.3) is 5.91 Å². The number of rotatable bonds is 4. The molecule has 1 aromatic heterocycles. The van der Waals surface area contributed by atoms with Gasteiger partial charge in [0, 0.05) is 31.2 Å². The van der Waals surface area contributed by atoms with E-state index in [1.165, 1.54) is 0 Å². The van der Waals surface area contributed by atoms with Gasteiger partial charge < -0.3 is 10.6 Å². The van der Waals surface area contributed by atoms with Crippen molar-refractivity contribution in [1.29, 1.82) is 0 Å². The van der Waals surface area contributed by atoms with Crippen LogP contribution < -0.4 is 15.5 Å². The maximum atomic E-state index is 12.3. The number of hydrogen-bond donors (Lipinski definition) is 2. The summed E-state index contributed by atoms with van der Waals surface area (Å²) < 4.78 is 0. The summed E-state index contributed by atoms with van der Waals surface area (Å²) in [6.45, 7) is 5.29. The molecule has 1 aromatic carbocycles. The third-order valence-electron chi connectivity index (χ3n) is 4.27. The Morgan fingerprint density at radius 3 is 2.72 bits per heavy atom. The fourth-order valence-corrected chi connectivity index (χ4v) is 2.86. The van der Waals surface area contributed by atoms with Gasteiger partial charge in [0.2, 0.25) is 0 Å².